The first kappa shape index (κ1) is 11.7. The molecule has 0 aromatic carbocycles. The van der Waals surface area contributed by atoms with Crippen molar-refractivity contribution in [2.75, 3.05) is 6.54 Å². The Bertz CT molecular complexity index is 106. The molecule has 2 N–H and O–H groups in total. The maximum atomic E-state index is 5.39. The van der Waals surface area contributed by atoms with Crippen LogP contribution in [0, 0.1) is 5.92 Å². The molecule has 0 bridgehead atoms. The van der Waals surface area contributed by atoms with Crippen molar-refractivity contribution in [3.63, 3.8) is 0 Å². The second-order valence-corrected chi connectivity index (χ2v) is 3.73. The number of nitrogens with two attached hydrogens (primary N) is 1. The van der Waals surface area contributed by atoms with Gasteiger partial charge in [0.2, 0.25) is 0 Å². The predicted octanol–water partition coefficient (Wildman–Crippen LogP) is 3.11. The smallest absolute Gasteiger partial charge is 0.00772 e. The highest BCUT2D eigenvalue weighted by Crippen LogP contribution is 2.04. The standard InChI is InChI=1S/C11H23N/c1-11(2)9-7-5-3-4-6-8-10-12/h3,5,11H,4,6-10,12H2,1-2H3/b5-3-. The van der Waals surface area contributed by atoms with Gasteiger partial charge in [-0.3, -0.25) is 0 Å². The zero-order valence-electron chi connectivity index (χ0n) is 8.55. The molecule has 0 saturated heterocycles. The third-order valence-electron chi connectivity index (χ3n) is 1.90. The first-order valence-corrected chi connectivity index (χ1v) is 5.12. The van der Waals surface area contributed by atoms with Crippen LogP contribution in [-0.2, 0) is 0 Å². The van der Waals surface area contributed by atoms with Gasteiger partial charge < -0.3 is 5.73 Å². The van der Waals surface area contributed by atoms with Gasteiger partial charge in [0.15, 0.2) is 0 Å². The van der Waals surface area contributed by atoms with Gasteiger partial charge in [0.25, 0.3) is 0 Å². The van der Waals surface area contributed by atoms with Crippen molar-refractivity contribution in [3.05, 3.63) is 12.2 Å². The van der Waals surface area contributed by atoms with Crippen molar-refractivity contribution in [3.8, 4) is 0 Å². The summed E-state index contributed by atoms with van der Waals surface area (Å²) in [5.74, 6) is 0.832. The summed E-state index contributed by atoms with van der Waals surface area (Å²) in [5.41, 5.74) is 5.39. The molecule has 0 aromatic heterocycles. The quantitative estimate of drug-likeness (QED) is 0.460. The van der Waals surface area contributed by atoms with Crippen LogP contribution in [-0.4, -0.2) is 6.54 Å². The topological polar surface area (TPSA) is 26.0 Å². The lowest BCUT2D eigenvalue weighted by Crippen LogP contribution is -1.96. The summed E-state index contributed by atoms with van der Waals surface area (Å²) in [7, 11) is 0. The SMILES string of the molecule is CC(C)CC/C=C\CCCCN. The van der Waals surface area contributed by atoms with E-state index in [4.69, 9.17) is 5.73 Å². The zero-order chi connectivity index (χ0) is 9.23. The van der Waals surface area contributed by atoms with Gasteiger partial charge in [-0.2, -0.15) is 0 Å². The van der Waals surface area contributed by atoms with Gasteiger partial charge in [-0.05, 0) is 44.6 Å². The van der Waals surface area contributed by atoms with Crippen LogP contribution in [0.2, 0.25) is 0 Å². The molecule has 0 radical (unpaired) electrons. The number of hydrogen-bond acceptors (Lipinski definition) is 1. The van der Waals surface area contributed by atoms with E-state index < -0.39 is 0 Å². The van der Waals surface area contributed by atoms with E-state index in [0.717, 1.165) is 18.9 Å². The van der Waals surface area contributed by atoms with Crippen molar-refractivity contribution in [1.29, 1.82) is 0 Å². The molecule has 0 unspecified atom stereocenters. The Balaban J connectivity index is 3.04. The molecular formula is C11H23N. The molecule has 0 aromatic rings. The van der Waals surface area contributed by atoms with E-state index in [-0.39, 0.29) is 0 Å². The molecule has 0 aliphatic carbocycles. The highest BCUT2D eigenvalue weighted by Gasteiger charge is 1.89. The van der Waals surface area contributed by atoms with Crippen molar-refractivity contribution in [2.45, 2.75) is 46.0 Å². The molecule has 0 rings (SSSR count). The van der Waals surface area contributed by atoms with Gasteiger partial charge in [0.1, 0.15) is 0 Å². The van der Waals surface area contributed by atoms with Gasteiger partial charge in [0.05, 0.1) is 0 Å². The molecule has 0 aliphatic heterocycles. The lowest BCUT2D eigenvalue weighted by molar-refractivity contribution is 0.593. The molecule has 0 atom stereocenters. The predicted molar refractivity (Wildman–Crippen MR) is 56.1 cm³/mol. The summed E-state index contributed by atoms with van der Waals surface area (Å²) < 4.78 is 0. The lowest BCUT2D eigenvalue weighted by atomic mass is 10.1. The van der Waals surface area contributed by atoms with Crippen LogP contribution in [0.25, 0.3) is 0 Å². The molecule has 0 heterocycles. The van der Waals surface area contributed by atoms with E-state index in [1.54, 1.807) is 0 Å². The molecule has 1 heteroatoms. The van der Waals surface area contributed by atoms with Crippen LogP contribution in [0.15, 0.2) is 12.2 Å². The van der Waals surface area contributed by atoms with Gasteiger partial charge in [-0.1, -0.05) is 26.0 Å². The highest BCUT2D eigenvalue weighted by molar-refractivity contribution is 4.81. The molecule has 0 amide bonds. The first-order valence-electron chi connectivity index (χ1n) is 5.12. The van der Waals surface area contributed by atoms with Crippen molar-refractivity contribution >= 4 is 0 Å². The first-order chi connectivity index (χ1) is 5.77. The van der Waals surface area contributed by atoms with Gasteiger partial charge >= 0.3 is 0 Å². The Morgan fingerprint density at radius 1 is 1.08 bits per heavy atom. The molecule has 12 heavy (non-hydrogen) atoms. The molecule has 0 saturated carbocycles. The minimum Gasteiger partial charge on any atom is -0.330 e. The summed E-state index contributed by atoms with van der Waals surface area (Å²) in [6.45, 7) is 5.37. The van der Waals surface area contributed by atoms with E-state index in [1.165, 1.54) is 25.7 Å². The number of rotatable bonds is 7. The zero-order valence-corrected chi connectivity index (χ0v) is 8.55. The Hall–Kier alpha value is -0.300. The lowest BCUT2D eigenvalue weighted by Gasteiger charge is -1.98. The summed E-state index contributed by atoms with van der Waals surface area (Å²) in [6.07, 6.45) is 10.8. The minimum absolute atomic E-state index is 0.832. The van der Waals surface area contributed by atoms with Crippen LogP contribution < -0.4 is 5.73 Å². The Morgan fingerprint density at radius 3 is 2.33 bits per heavy atom. The second kappa shape index (κ2) is 8.79. The number of unbranched alkanes of at least 4 members (excludes halogenated alkanes) is 2. The fraction of sp³-hybridized carbons (Fsp3) is 0.818. The average molecular weight is 169 g/mol. The molecule has 72 valence electrons. The summed E-state index contributed by atoms with van der Waals surface area (Å²) >= 11 is 0. The van der Waals surface area contributed by atoms with Crippen molar-refractivity contribution < 1.29 is 0 Å². The van der Waals surface area contributed by atoms with Gasteiger partial charge in [-0.15, -0.1) is 0 Å². The summed E-state index contributed by atoms with van der Waals surface area (Å²) in [6, 6.07) is 0. The van der Waals surface area contributed by atoms with E-state index in [1.807, 2.05) is 0 Å². The van der Waals surface area contributed by atoms with Crippen LogP contribution in [0.1, 0.15) is 46.0 Å². The normalized spacial score (nSPS) is 11.7. The van der Waals surface area contributed by atoms with Gasteiger partial charge in [0, 0.05) is 0 Å². The summed E-state index contributed by atoms with van der Waals surface area (Å²) in [4.78, 5) is 0. The van der Waals surface area contributed by atoms with E-state index >= 15 is 0 Å². The maximum Gasteiger partial charge on any atom is -0.00772 e. The van der Waals surface area contributed by atoms with Crippen molar-refractivity contribution in [1.82, 2.24) is 0 Å². The summed E-state index contributed by atoms with van der Waals surface area (Å²) in [5, 5.41) is 0. The minimum atomic E-state index is 0.832. The van der Waals surface area contributed by atoms with Gasteiger partial charge in [-0.25, -0.2) is 0 Å². The van der Waals surface area contributed by atoms with E-state index in [9.17, 15) is 0 Å². The largest absolute Gasteiger partial charge is 0.330 e. The number of hydrogen-bond donors (Lipinski definition) is 1. The molecule has 1 nitrogen and oxygen atoms in total. The van der Waals surface area contributed by atoms with Crippen molar-refractivity contribution in [2.24, 2.45) is 11.7 Å². The fourth-order valence-corrected chi connectivity index (χ4v) is 1.07. The molecule has 0 aliphatic rings. The Kier molecular flexibility index (Phi) is 8.57. The van der Waals surface area contributed by atoms with E-state index in [0.29, 0.717) is 0 Å². The molecular weight excluding hydrogens is 146 g/mol. The Labute approximate surface area is 77.0 Å². The number of allylic oxidation sites excluding steroid dienone is 2. The molecule has 0 spiro atoms. The Morgan fingerprint density at radius 2 is 1.75 bits per heavy atom. The molecule has 0 fully saturated rings. The van der Waals surface area contributed by atoms with Crippen LogP contribution in [0.3, 0.4) is 0 Å². The van der Waals surface area contributed by atoms with E-state index in [2.05, 4.69) is 26.0 Å². The van der Waals surface area contributed by atoms with Crippen LogP contribution in [0.4, 0.5) is 0 Å². The fourth-order valence-electron chi connectivity index (χ4n) is 1.07. The van der Waals surface area contributed by atoms with Crippen LogP contribution in [0.5, 0.6) is 0 Å². The third-order valence-corrected chi connectivity index (χ3v) is 1.90. The average Bonchev–Trinajstić information content (AvgIpc) is 2.02. The maximum absolute atomic E-state index is 5.39. The van der Waals surface area contributed by atoms with Crippen LogP contribution >= 0.6 is 0 Å². The third kappa shape index (κ3) is 9.70. The highest BCUT2D eigenvalue weighted by atomic mass is 14.5. The second-order valence-electron chi connectivity index (χ2n) is 3.73. The monoisotopic (exact) mass is 169 g/mol.